The van der Waals surface area contributed by atoms with Gasteiger partial charge in [0.05, 0.1) is 18.7 Å². The van der Waals surface area contributed by atoms with Crippen LogP contribution in [0.15, 0.2) is 36.4 Å². The van der Waals surface area contributed by atoms with Crippen molar-refractivity contribution in [3.05, 3.63) is 53.3 Å². The number of nitrogens with two attached hydrogens (primary N) is 1. The van der Waals surface area contributed by atoms with Gasteiger partial charge in [-0.2, -0.15) is 5.26 Å². The first-order chi connectivity index (χ1) is 9.56. The molecule has 0 spiro atoms. The summed E-state index contributed by atoms with van der Waals surface area (Å²) in [6.07, 6.45) is 0. The monoisotopic (exact) mass is 270 g/mol. The van der Waals surface area contributed by atoms with Crippen molar-refractivity contribution < 1.29 is 9.13 Å². The molecule has 4 heteroatoms. The third-order valence-corrected chi connectivity index (χ3v) is 3.13. The minimum Gasteiger partial charge on any atom is -0.496 e. The van der Waals surface area contributed by atoms with E-state index in [4.69, 9.17) is 15.7 Å². The quantitative estimate of drug-likeness (QED) is 0.930. The van der Waals surface area contributed by atoms with E-state index in [9.17, 15) is 4.39 Å². The van der Waals surface area contributed by atoms with Crippen molar-refractivity contribution in [2.24, 2.45) is 5.73 Å². The van der Waals surface area contributed by atoms with Gasteiger partial charge in [-0.15, -0.1) is 0 Å². The highest BCUT2D eigenvalue weighted by Crippen LogP contribution is 2.34. The van der Waals surface area contributed by atoms with E-state index in [0.29, 0.717) is 22.4 Å². The van der Waals surface area contributed by atoms with E-state index in [-0.39, 0.29) is 11.9 Å². The van der Waals surface area contributed by atoms with E-state index in [0.717, 1.165) is 5.56 Å². The number of hydrogen-bond donors (Lipinski definition) is 1. The molecule has 0 bridgehead atoms. The molecule has 2 aromatic rings. The third-order valence-electron chi connectivity index (χ3n) is 3.13. The maximum atomic E-state index is 14.1. The smallest absolute Gasteiger partial charge is 0.131 e. The Hall–Kier alpha value is -2.38. The van der Waals surface area contributed by atoms with Crippen molar-refractivity contribution >= 4 is 0 Å². The Labute approximate surface area is 117 Å². The van der Waals surface area contributed by atoms with Crippen LogP contribution in [0.5, 0.6) is 5.75 Å². The fourth-order valence-corrected chi connectivity index (χ4v) is 2.02. The summed E-state index contributed by atoms with van der Waals surface area (Å²) in [6.45, 7) is 1.83. The lowest BCUT2D eigenvalue weighted by molar-refractivity contribution is 0.416. The first-order valence-corrected chi connectivity index (χ1v) is 6.20. The molecule has 0 saturated carbocycles. The van der Waals surface area contributed by atoms with Crippen molar-refractivity contribution in [2.75, 3.05) is 7.11 Å². The van der Waals surface area contributed by atoms with Crippen LogP contribution in [-0.2, 0) is 0 Å². The molecule has 0 aromatic heterocycles. The maximum Gasteiger partial charge on any atom is 0.131 e. The van der Waals surface area contributed by atoms with Crippen LogP contribution in [0.4, 0.5) is 4.39 Å². The highest BCUT2D eigenvalue weighted by atomic mass is 19.1. The van der Waals surface area contributed by atoms with E-state index in [2.05, 4.69) is 0 Å². The van der Waals surface area contributed by atoms with E-state index < -0.39 is 0 Å². The first kappa shape index (κ1) is 14.0. The minimum absolute atomic E-state index is 0.195. The second-order valence-corrected chi connectivity index (χ2v) is 4.55. The first-order valence-electron chi connectivity index (χ1n) is 6.20. The number of nitrogens with zero attached hydrogens (tertiary/aromatic N) is 1. The molecule has 0 heterocycles. The summed E-state index contributed by atoms with van der Waals surface area (Å²) < 4.78 is 19.3. The molecule has 2 N–H and O–H groups in total. The van der Waals surface area contributed by atoms with Gasteiger partial charge in [0.25, 0.3) is 0 Å². The number of nitriles is 1. The Morgan fingerprint density at radius 2 is 1.95 bits per heavy atom. The predicted octanol–water partition coefficient (Wildman–Crippen LogP) is 3.39. The van der Waals surface area contributed by atoms with Crippen molar-refractivity contribution in [3.63, 3.8) is 0 Å². The van der Waals surface area contributed by atoms with Gasteiger partial charge in [0.1, 0.15) is 11.6 Å². The van der Waals surface area contributed by atoms with E-state index in [1.807, 2.05) is 13.0 Å². The molecular formula is C16H15FN2O. The Kier molecular flexibility index (Phi) is 4.02. The number of halogens is 1. The van der Waals surface area contributed by atoms with Gasteiger partial charge in [-0.1, -0.05) is 6.07 Å². The number of methoxy groups -OCH3 is 1. The summed E-state index contributed by atoms with van der Waals surface area (Å²) in [7, 11) is 1.51. The standard InChI is InChI=1S/C16H15FN2O/c1-10(19)12-4-5-15(17)13(8-12)14-7-11(9-18)3-6-16(14)20-2/h3-8,10H,19H2,1-2H3. The Balaban J connectivity index is 2.66. The molecular weight excluding hydrogens is 255 g/mol. The second-order valence-electron chi connectivity index (χ2n) is 4.55. The molecule has 1 atom stereocenters. The summed E-state index contributed by atoms with van der Waals surface area (Å²) in [6, 6.07) is 11.5. The van der Waals surface area contributed by atoms with Gasteiger partial charge in [0, 0.05) is 17.2 Å². The summed E-state index contributed by atoms with van der Waals surface area (Å²) >= 11 is 0. The second kappa shape index (κ2) is 5.72. The zero-order valence-electron chi connectivity index (χ0n) is 11.4. The summed E-state index contributed by atoms with van der Waals surface area (Å²) in [5.74, 6) is 0.146. The molecule has 2 aromatic carbocycles. The van der Waals surface area contributed by atoms with Gasteiger partial charge in [0.2, 0.25) is 0 Å². The highest BCUT2D eigenvalue weighted by Gasteiger charge is 2.13. The molecule has 102 valence electrons. The molecule has 0 aliphatic rings. The largest absolute Gasteiger partial charge is 0.496 e. The molecule has 0 saturated heterocycles. The van der Waals surface area contributed by atoms with Crippen LogP contribution < -0.4 is 10.5 Å². The number of rotatable bonds is 3. The minimum atomic E-state index is -0.372. The van der Waals surface area contributed by atoms with Gasteiger partial charge in [-0.05, 0) is 42.8 Å². The normalized spacial score (nSPS) is 11.8. The average Bonchev–Trinajstić information content (AvgIpc) is 2.46. The van der Waals surface area contributed by atoms with E-state index in [1.165, 1.54) is 13.2 Å². The van der Waals surface area contributed by atoms with Crippen LogP contribution in [0.2, 0.25) is 0 Å². The van der Waals surface area contributed by atoms with Gasteiger partial charge in [-0.3, -0.25) is 0 Å². The SMILES string of the molecule is COc1ccc(C#N)cc1-c1cc(C(C)N)ccc1F. The van der Waals surface area contributed by atoms with Crippen molar-refractivity contribution in [1.82, 2.24) is 0 Å². The predicted molar refractivity (Wildman–Crippen MR) is 75.7 cm³/mol. The lowest BCUT2D eigenvalue weighted by Crippen LogP contribution is -2.05. The molecule has 0 radical (unpaired) electrons. The average molecular weight is 270 g/mol. The van der Waals surface area contributed by atoms with Crippen LogP contribution in [0, 0.1) is 17.1 Å². The van der Waals surface area contributed by atoms with Crippen LogP contribution in [0.1, 0.15) is 24.1 Å². The van der Waals surface area contributed by atoms with Crippen molar-refractivity contribution in [2.45, 2.75) is 13.0 Å². The van der Waals surface area contributed by atoms with Gasteiger partial charge < -0.3 is 10.5 Å². The molecule has 2 rings (SSSR count). The van der Waals surface area contributed by atoms with Gasteiger partial charge in [0.15, 0.2) is 0 Å². The number of ether oxygens (including phenoxy) is 1. The van der Waals surface area contributed by atoms with Crippen LogP contribution in [-0.4, -0.2) is 7.11 Å². The Morgan fingerprint density at radius 3 is 2.55 bits per heavy atom. The zero-order chi connectivity index (χ0) is 14.7. The van der Waals surface area contributed by atoms with Crippen LogP contribution >= 0.6 is 0 Å². The fourth-order valence-electron chi connectivity index (χ4n) is 2.02. The molecule has 0 aliphatic carbocycles. The molecule has 0 amide bonds. The third kappa shape index (κ3) is 2.63. The number of hydrogen-bond acceptors (Lipinski definition) is 3. The highest BCUT2D eigenvalue weighted by molar-refractivity contribution is 5.73. The molecule has 0 fully saturated rings. The fraction of sp³-hybridized carbons (Fsp3) is 0.188. The zero-order valence-corrected chi connectivity index (χ0v) is 11.4. The lowest BCUT2D eigenvalue weighted by Gasteiger charge is -2.13. The van der Waals surface area contributed by atoms with Crippen molar-refractivity contribution in [1.29, 1.82) is 5.26 Å². The summed E-state index contributed by atoms with van der Waals surface area (Å²) in [5.41, 5.74) is 8.04. The molecule has 1 unspecified atom stereocenters. The lowest BCUT2D eigenvalue weighted by atomic mass is 9.97. The van der Waals surface area contributed by atoms with Crippen molar-refractivity contribution in [3.8, 4) is 22.9 Å². The molecule has 0 aliphatic heterocycles. The number of benzene rings is 2. The van der Waals surface area contributed by atoms with Gasteiger partial charge >= 0.3 is 0 Å². The molecule has 20 heavy (non-hydrogen) atoms. The van der Waals surface area contributed by atoms with E-state index in [1.54, 1.807) is 30.3 Å². The van der Waals surface area contributed by atoms with Gasteiger partial charge in [-0.25, -0.2) is 4.39 Å². The Morgan fingerprint density at radius 1 is 1.20 bits per heavy atom. The summed E-state index contributed by atoms with van der Waals surface area (Å²) in [5, 5.41) is 8.98. The summed E-state index contributed by atoms with van der Waals surface area (Å²) in [4.78, 5) is 0. The molecule has 3 nitrogen and oxygen atoms in total. The van der Waals surface area contributed by atoms with Crippen LogP contribution in [0.25, 0.3) is 11.1 Å². The maximum absolute atomic E-state index is 14.1. The topological polar surface area (TPSA) is 59.0 Å². The van der Waals surface area contributed by atoms with Crippen LogP contribution in [0.3, 0.4) is 0 Å². The Bertz CT molecular complexity index is 675. The van der Waals surface area contributed by atoms with E-state index >= 15 is 0 Å².